The number of nitrogens with one attached hydrogen (secondary N) is 1. The van der Waals surface area contributed by atoms with Gasteiger partial charge in [-0.05, 0) is 38.5 Å². The van der Waals surface area contributed by atoms with Crippen molar-refractivity contribution in [2.24, 2.45) is 0 Å². The van der Waals surface area contributed by atoms with Gasteiger partial charge in [-0.2, -0.15) is 0 Å². The highest BCUT2D eigenvalue weighted by atomic mass is 19.1. The first-order chi connectivity index (χ1) is 7.92. The molecule has 0 aliphatic carbocycles. The van der Waals surface area contributed by atoms with Gasteiger partial charge in [-0.3, -0.25) is 0 Å². The molecule has 0 heterocycles. The van der Waals surface area contributed by atoms with E-state index in [-0.39, 0.29) is 18.2 Å². The van der Waals surface area contributed by atoms with Crippen molar-refractivity contribution in [3.05, 3.63) is 35.4 Å². The van der Waals surface area contributed by atoms with Crippen LogP contribution in [-0.2, 0) is 5.54 Å². The van der Waals surface area contributed by atoms with Crippen molar-refractivity contribution in [3.63, 3.8) is 0 Å². The lowest BCUT2D eigenvalue weighted by molar-refractivity contribution is 0.158. The molecule has 96 valence electrons. The third kappa shape index (κ3) is 3.23. The minimum atomic E-state index is -0.971. The van der Waals surface area contributed by atoms with Crippen LogP contribution in [0.2, 0.25) is 0 Å². The molecule has 0 saturated heterocycles. The topological polar surface area (TPSA) is 32.3 Å². The van der Waals surface area contributed by atoms with Crippen molar-refractivity contribution in [3.8, 4) is 0 Å². The smallest absolute Gasteiger partial charge is 0.128 e. The van der Waals surface area contributed by atoms with Gasteiger partial charge in [0.2, 0.25) is 0 Å². The molecule has 0 saturated carbocycles. The fourth-order valence-electron chi connectivity index (χ4n) is 1.77. The summed E-state index contributed by atoms with van der Waals surface area (Å²) in [5.41, 5.74) is -0.818. The van der Waals surface area contributed by atoms with Gasteiger partial charge in [-0.15, -0.1) is 0 Å². The zero-order chi connectivity index (χ0) is 13.1. The SMILES string of the molecule is CCC(C)NC(C)(CO)c1cc(F)ccc1F. The molecule has 1 aromatic carbocycles. The van der Waals surface area contributed by atoms with Crippen LogP contribution in [0, 0.1) is 11.6 Å². The Bertz CT molecular complexity index is 384. The van der Waals surface area contributed by atoms with Crippen molar-refractivity contribution in [1.82, 2.24) is 5.32 Å². The molecule has 0 aromatic heterocycles. The molecule has 2 atom stereocenters. The molecule has 2 unspecified atom stereocenters. The number of benzene rings is 1. The minimum absolute atomic E-state index is 0.106. The first kappa shape index (κ1) is 14.1. The average molecular weight is 243 g/mol. The van der Waals surface area contributed by atoms with E-state index in [1.165, 1.54) is 0 Å². The lowest BCUT2D eigenvalue weighted by Gasteiger charge is -2.32. The van der Waals surface area contributed by atoms with Crippen LogP contribution in [0.15, 0.2) is 18.2 Å². The summed E-state index contributed by atoms with van der Waals surface area (Å²) in [7, 11) is 0. The van der Waals surface area contributed by atoms with Crippen molar-refractivity contribution in [1.29, 1.82) is 0 Å². The van der Waals surface area contributed by atoms with Gasteiger partial charge in [0.1, 0.15) is 11.6 Å². The number of rotatable bonds is 5. The zero-order valence-corrected chi connectivity index (χ0v) is 10.4. The van der Waals surface area contributed by atoms with Gasteiger partial charge in [-0.1, -0.05) is 6.92 Å². The van der Waals surface area contributed by atoms with Crippen molar-refractivity contribution < 1.29 is 13.9 Å². The van der Waals surface area contributed by atoms with E-state index in [9.17, 15) is 13.9 Å². The maximum atomic E-state index is 13.7. The van der Waals surface area contributed by atoms with Gasteiger partial charge in [0.15, 0.2) is 0 Å². The number of halogens is 2. The van der Waals surface area contributed by atoms with Crippen molar-refractivity contribution >= 4 is 0 Å². The van der Waals surface area contributed by atoms with Crippen LogP contribution in [-0.4, -0.2) is 17.8 Å². The van der Waals surface area contributed by atoms with Gasteiger partial charge in [0.25, 0.3) is 0 Å². The molecule has 4 heteroatoms. The molecule has 1 aromatic rings. The molecule has 0 aliphatic heterocycles. The Balaban J connectivity index is 3.10. The monoisotopic (exact) mass is 243 g/mol. The lowest BCUT2D eigenvalue weighted by Crippen LogP contribution is -2.47. The zero-order valence-electron chi connectivity index (χ0n) is 10.4. The molecule has 2 nitrogen and oxygen atoms in total. The second kappa shape index (κ2) is 5.56. The molecule has 0 amide bonds. The summed E-state index contributed by atoms with van der Waals surface area (Å²) < 4.78 is 26.8. The summed E-state index contributed by atoms with van der Waals surface area (Å²) in [6.07, 6.45) is 0.840. The van der Waals surface area contributed by atoms with E-state index in [0.717, 1.165) is 24.6 Å². The summed E-state index contributed by atoms with van der Waals surface area (Å²) in [5, 5.41) is 12.6. The molecular weight excluding hydrogens is 224 g/mol. The highest BCUT2D eigenvalue weighted by Crippen LogP contribution is 2.25. The van der Waals surface area contributed by atoms with E-state index in [2.05, 4.69) is 5.32 Å². The van der Waals surface area contributed by atoms with E-state index in [4.69, 9.17) is 0 Å². The maximum absolute atomic E-state index is 13.7. The molecule has 0 aliphatic rings. The number of aliphatic hydroxyl groups excluding tert-OH is 1. The van der Waals surface area contributed by atoms with Gasteiger partial charge >= 0.3 is 0 Å². The summed E-state index contributed by atoms with van der Waals surface area (Å²) in [6.45, 7) is 5.29. The Kier molecular flexibility index (Phi) is 4.60. The Morgan fingerprint density at radius 1 is 1.41 bits per heavy atom. The van der Waals surface area contributed by atoms with E-state index in [1.807, 2.05) is 13.8 Å². The number of hydrogen-bond donors (Lipinski definition) is 2. The third-order valence-electron chi connectivity index (χ3n) is 3.02. The van der Waals surface area contributed by atoms with Crippen LogP contribution in [0.25, 0.3) is 0 Å². The predicted octanol–water partition coefficient (Wildman–Crippen LogP) is 2.56. The van der Waals surface area contributed by atoms with Crippen LogP contribution in [0.3, 0.4) is 0 Å². The molecule has 17 heavy (non-hydrogen) atoms. The van der Waals surface area contributed by atoms with Crippen LogP contribution in [0.1, 0.15) is 32.8 Å². The fraction of sp³-hybridized carbons (Fsp3) is 0.538. The number of aliphatic hydroxyl groups is 1. The van der Waals surface area contributed by atoms with Crippen molar-refractivity contribution in [2.45, 2.75) is 38.8 Å². The summed E-state index contributed by atoms with van der Waals surface area (Å²) in [6, 6.07) is 3.38. The van der Waals surface area contributed by atoms with Gasteiger partial charge in [-0.25, -0.2) is 8.78 Å². The largest absolute Gasteiger partial charge is 0.394 e. The second-order valence-corrected chi connectivity index (χ2v) is 4.57. The molecule has 0 radical (unpaired) electrons. The second-order valence-electron chi connectivity index (χ2n) is 4.57. The summed E-state index contributed by atoms with van der Waals surface area (Å²) in [5.74, 6) is -1.02. The van der Waals surface area contributed by atoms with Crippen LogP contribution < -0.4 is 5.32 Å². The van der Waals surface area contributed by atoms with E-state index in [1.54, 1.807) is 6.92 Å². The highest BCUT2D eigenvalue weighted by molar-refractivity contribution is 5.26. The van der Waals surface area contributed by atoms with Crippen LogP contribution in [0.5, 0.6) is 0 Å². The van der Waals surface area contributed by atoms with Gasteiger partial charge < -0.3 is 10.4 Å². The maximum Gasteiger partial charge on any atom is 0.128 e. The normalized spacial score (nSPS) is 16.6. The Morgan fingerprint density at radius 3 is 2.59 bits per heavy atom. The van der Waals surface area contributed by atoms with Crippen LogP contribution in [0.4, 0.5) is 8.78 Å². The van der Waals surface area contributed by atoms with Gasteiger partial charge in [0.05, 0.1) is 12.1 Å². The lowest BCUT2D eigenvalue weighted by atomic mass is 9.91. The molecular formula is C13H19F2NO. The Morgan fingerprint density at radius 2 is 2.06 bits per heavy atom. The summed E-state index contributed by atoms with van der Waals surface area (Å²) in [4.78, 5) is 0. The molecule has 0 bridgehead atoms. The minimum Gasteiger partial charge on any atom is -0.394 e. The number of hydrogen-bond acceptors (Lipinski definition) is 2. The Labute approximate surface area is 101 Å². The van der Waals surface area contributed by atoms with E-state index < -0.39 is 17.2 Å². The Hall–Kier alpha value is -1.00. The summed E-state index contributed by atoms with van der Waals surface area (Å²) >= 11 is 0. The van der Waals surface area contributed by atoms with Crippen LogP contribution >= 0.6 is 0 Å². The molecule has 2 N–H and O–H groups in total. The van der Waals surface area contributed by atoms with E-state index in [0.29, 0.717) is 0 Å². The standard InChI is InChI=1S/C13H19F2NO/c1-4-9(2)16-13(3,8-17)11-7-10(14)5-6-12(11)15/h5-7,9,16-17H,4,8H2,1-3H3. The predicted molar refractivity (Wildman–Crippen MR) is 63.7 cm³/mol. The first-order valence-electron chi connectivity index (χ1n) is 5.77. The fourth-order valence-corrected chi connectivity index (χ4v) is 1.77. The molecule has 0 spiro atoms. The molecule has 1 rings (SSSR count). The highest BCUT2D eigenvalue weighted by Gasteiger charge is 2.30. The molecule has 0 fully saturated rings. The first-order valence-corrected chi connectivity index (χ1v) is 5.77. The van der Waals surface area contributed by atoms with Crippen molar-refractivity contribution in [2.75, 3.05) is 6.61 Å². The van der Waals surface area contributed by atoms with Gasteiger partial charge in [0, 0.05) is 11.6 Å². The van der Waals surface area contributed by atoms with E-state index >= 15 is 0 Å². The average Bonchev–Trinajstić information content (AvgIpc) is 2.31. The third-order valence-corrected chi connectivity index (χ3v) is 3.02. The quantitative estimate of drug-likeness (QED) is 0.833.